The zero-order chi connectivity index (χ0) is 33.5. The van der Waals surface area contributed by atoms with Gasteiger partial charge in [0.25, 0.3) is 0 Å². The van der Waals surface area contributed by atoms with Gasteiger partial charge in [0.05, 0.1) is 0 Å². The lowest BCUT2D eigenvalue weighted by atomic mass is 9.83. The normalized spacial score (nSPS) is 11.9. The monoisotopic (exact) mass is 664 g/mol. The van der Waals surface area contributed by atoms with Gasteiger partial charge in [-0.3, -0.25) is 9.97 Å². The van der Waals surface area contributed by atoms with Gasteiger partial charge < -0.3 is 0 Å². The van der Waals surface area contributed by atoms with Crippen LogP contribution in [-0.2, 0) is 0 Å². The number of hydrogen-bond acceptors (Lipinski definition) is 3. The first-order chi connectivity index (χ1) is 25.3. The van der Waals surface area contributed by atoms with Crippen molar-refractivity contribution in [2.75, 3.05) is 0 Å². The molecule has 0 unspecified atom stereocenters. The van der Waals surface area contributed by atoms with E-state index in [1.807, 2.05) is 36.1 Å². The molecule has 0 saturated heterocycles. The summed E-state index contributed by atoms with van der Waals surface area (Å²) in [7, 11) is 0. The van der Waals surface area contributed by atoms with Gasteiger partial charge in [0.15, 0.2) is 0 Å². The molecular formula is C48H28N2S. The highest BCUT2D eigenvalue weighted by atomic mass is 32.1. The fourth-order valence-corrected chi connectivity index (χ4v) is 9.71. The van der Waals surface area contributed by atoms with Crippen LogP contribution in [0.3, 0.4) is 0 Å². The average molecular weight is 665 g/mol. The summed E-state index contributed by atoms with van der Waals surface area (Å²) in [6.45, 7) is 0. The summed E-state index contributed by atoms with van der Waals surface area (Å²) >= 11 is 1.90. The van der Waals surface area contributed by atoms with Crippen LogP contribution in [0.15, 0.2) is 170 Å². The number of pyridine rings is 2. The molecule has 0 aliphatic heterocycles. The Bertz CT molecular complexity index is 2910. The van der Waals surface area contributed by atoms with Crippen molar-refractivity contribution in [3.05, 3.63) is 170 Å². The number of rotatable bonds is 4. The Labute approximate surface area is 299 Å². The van der Waals surface area contributed by atoms with Gasteiger partial charge in [0, 0.05) is 50.5 Å². The van der Waals surface area contributed by atoms with E-state index in [0.717, 1.165) is 0 Å². The zero-order valence-electron chi connectivity index (χ0n) is 27.5. The summed E-state index contributed by atoms with van der Waals surface area (Å²) < 4.78 is 2.64. The molecule has 1 aliphatic rings. The van der Waals surface area contributed by atoms with Crippen LogP contribution >= 0.6 is 11.3 Å². The Morgan fingerprint density at radius 1 is 0.333 bits per heavy atom. The SMILES string of the molecule is c1ccc(-c2cc(-c3ccc4c5c(cccc35)-c3c-4c(-c4ccncc4)c4ccccc4c3-c3ccncc3)c3sc4ccccc4c3c2)cc1. The maximum absolute atomic E-state index is 4.40. The van der Waals surface area contributed by atoms with Crippen LogP contribution in [0.2, 0.25) is 0 Å². The van der Waals surface area contributed by atoms with Crippen molar-refractivity contribution < 1.29 is 0 Å². The number of thiophene rings is 1. The van der Waals surface area contributed by atoms with Crippen molar-refractivity contribution >= 4 is 53.1 Å². The third-order valence-electron chi connectivity index (χ3n) is 10.6. The van der Waals surface area contributed by atoms with Crippen LogP contribution < -0.4 is 0 Å². The van der Waals surface area contributed by atoms with Crippen LogP contribution in [0.4, 0.5) is 0 Å². The summed E-state index contributed by atoms with van der Waals surface area (Å²) in [5, 5.41) is 7.68. The number of nitrogens with zero attached hydrogens (tertiary/aromatic N) is 2. The van der Waals surface area contributed by atoms with Gasteiger partial charge in [-0.1, -0.05) is 103 Å². The minimum absolute atomic E-state index is 1.17. The molecule has 1 aliphatic carbocycles. The summed E-state index contributed by atoms with van der Waals surface area (Å²) in [6, 6.07) is 53.5. The van der Waals surface area contributed by atoms with Crippen LogP contribution in [-0.4, -0.2) is 9.97 Å². The molecule has 0 amide bonds. The topological polar surface area (TPSA) is 25.8 Å². The van der Waals surface area contributed by atoms with Crippen LogP contribution in [0.1, 0.15) is 0 Å². The van der Waals surface area contributed by atoms with E-state index in [4.69, 9.17) is 0 Å². The summed E-state index contributed by atoms with van der Waals surface area (Å²) in [6.07, 6.45) is 7.63. The van der Waals surface area contributed by atoms with E-state index >= 15 is 0 Å². The molecule has 0 fully saturated rings. The fourth-order valence-electron chi connectivity index (χ4n) is 8.50. The minimum atomic E-state index is 1.17. The Morgan fingerprint density at radius 3 is 1.59 bits per heavy atom. The van der Waals surface area contributed by atoms with Gasteiger partial charge in [-0.05, 0) is 125 Å². The van der Waals surface area contributed by atoms with E-state index in [9.17, 15) is 0 Å². The first-order valence-corrected chi connectivity index (χ1v) is 18.1. The molecular weight excluding hydrogens is 637 g/mol. The van der Waals surface area contributed by atoms with Crippen LogP contribution in [0.25, 0.3) is 108 Å². The number of aromatic nitrogens is 2. The maximum Gasteiger partial charge on any atom is 0.0434 e. The van der Waals surface area contributed by atoms with E-state index in [0.29, 0.717) is 0 Å². The molecule has 0 radical (unpaired) electrons. The van der Waals surface area contributed by atoms with Gasteiger partial charge >= 0.3 is 0 Å². The molecule has 0 atom stereocenters. The van der Waals surface area contributed by atoms with E-state index in [2.05, 4.69) is 156 Å². The highest BCUT2D eigenvalue weighted by Crippen LogP contribution is 2.59. The molecule has 3 aromatic heterocycles. The van der Waals surface area contributed by atoms with Gasteiger partial charge in [-0.15, -0.1) is 11.3 Å². The van der Waals surface area contributed by atoms with Gasteiger partial charge in [-0.2, -0.15) is 0 Å². The smallest absolute Gasteiger partial charge is 0.0434 e. The Balaban J connectivity index is 1.28. The summed E-state index contributed by atoms with van der Waals surface area (Å²) in [5.74, 6) is 0. The Morgan fingerprint density at radius 2 is 0.902 bits per heavy atom. The standard InChI is InChI=1S/C48H28N2S/c1-2-9-29(10-3-1)32-27-40(48-41(28-32)34-11-6-7-16-42(34)51-48)33-17-18-39-45-35(33)14-8-15-38(45)46-43(30-19-23-49-24-20-30)36-12-4-5-13-37(36)44(47(39)46)31-21-25-50-26-22-31/h1-28H. The van der Waals surface area contributed by atoms with E-state index in [-0.39, 0.29) is 0 Å². The van der Waals surface area contributed by atoms with Gasteiger partial charge in [0.1, 0.15) is 0 Å². The lowest BCUT2D eigenvalue weighted by molar-refractivity contribution is 1.33. The first kappa shape index (κ1) is 28.4. The molecule has 11 rings (SSSR count). The molecule has 2 nitrogen and oxygen atoms in total. The molecule has 0 bridgehead atoms. The van der Waals surface area contributed by atoms with E-state index < -0.39 is 0 Å². The van der Waals surface area contributed by atoms with Gasteiger partial charge in [0.2, 0.25) is 0 Å². The van der Waals surface area contributed by atoms with Crippen molar-refractivity contribution in [2.24, 2.45) is 0 Å². The van der Waals surface area contributed by atoms with Crippen molar-refractivity contribution in [3.63, 3.8) is 0 Å². The lowest BCUT2D eigenvalue weighted by Crippen LogP contribution is -1.93. The second-order valence-electron chi connectivity index (χ2n) is 13.3. The molecule has 10 aromatic rings. The van der Waals surface area contributed by atoms with Crippen molar-refractivity contribution in [3.8, 4) is 66.8 Å². The highest BCUT2D eigenvalue weighted by molar-refractivity contribution is 7.26. The predicted octanol–water partition coefficient (Wildman–Crippen LogP) is 13.5. The third kappa shape index (κ3) is 4.16. The molecule has 0 N–H and O–H groups in total. The molecule has 51 heavy (non-hydrogen) atoms. The Kier molecular flexibility index (Phi) is 6.16. The minimum Gasteiger partial charge on any atom is -0.265 e. The molecule has 236 valence electrons. The van der Waals surface area contributed by atoms with E-state index in [1.165, 1.54) is 108 Å². The van der Waals surface area contributed by atoms with E-state index in [1.54, 1.807) is 0 Å². The largest absolute Gasteiger partial charge is 0.265 e. The second-order valence-corrected chi connectivity index (χ2v) is 14.3. The lowest BCUT2D eigenvalue weighted by Gasteiger charge is -2.20. The van der Waals surface area contributed by atoms with Crippen molar-refractivity contribution in [1.82, 2.24) is 9.97 Å². The zero-order valence-corrected chi connectivity index (χ0v) is 28.3. The number of hydrogen-bond donors (Lipinski definition) is 0. The second kappa shape index (κ2) is 11.0. The molecule has 0 spiro atoms. The number of fused-ring (bicyclic) bond motifs is 7. The molecule has 7 aromatic carbocycles. The summed E-state index contributed by atoms with van der Waals surface area (Å²) in [4.78, 5) is 8.79. The first-order valence-electron chi connectivity index (χ1n) is 17.3. The number of benzene rings is 7. The van der Waals surface area contributed by atoms with Crippen molar-refractivity contribution in [1.29, 1.82) is 0 Å². The van der Waals surface area contributed by atoms with Gasteiger partial charge in [-0.25, -0.2) is 0 Å². The molecule has 0 saturated carbocycles. The Hall–Kier alpha value is -6.42. The summed E-state index contributed by atoms with van der Waals surface area (Å²) in [5.41, 5.74) is 15.0. The third-order valence-corrected chi connectivity index (χ3v) is 11.8. The van der Waals surface area contributed by atoms with Crippen LogP contribution in [0.5, 0.6) is 0 Å². The molecule has 3 heteroatoms. The quantitative estimate of drug-likeness (QED) is 0.187. The maximum atomic E-state index is 4.40. The van der Waals surface area contributed by atoms with Crippen molar-refractivity contribution in [2.45, 2.75) is 0 Å². The van der Waals surface area contributed by atoms with Crippen LogP contribution in [0, 0.1) is 0 Å². The average Bonchev–Trinajstić information content (AvgIpc) is 3.74. The molecule has 3 heterocycles. The highest BCUT2D eigenvalue weighted by Gasteiger charge is 2.31. The predicted molar refractivity (Wildman–Crippen MR) is 216 cm³/mol. The fraction of sp³-hybridized carbons (Fsp3) is 0.